The number of benzene rings is 1. The summed E-state index contributed by atoms with van der Waals surface area (Å²) in [6, 6.07) is 6.56. The first-order chi connectivity index (χ1) is 14.6. The predicted octanol–water partition coefficient (Wildman–Crippen LogP) is 3.78. The van der Waals surface area contributed by atoms with Gasteiger partial charge in [-0.05, 0) is 32.4 Å². The van der Waals surface area contributed by atoms with Crippen LogP contribution in [-0.4, -0.2) is 38.0 Å². The van der Waals surface area contributed by atoms with Gasteiger partial charge in [0.25, 0.3) is 0 Å². The molecule has 1 atom stereocenters. The first-order valence-electron chi connectivity index (χ1n) is 9.37. The number of nitrogens with zero attached hydrogens (tertiary/aromatic N) is 3. The van der Waals surface area contributed by atoms with Crippen molar-refractivity contribution in [3.63, 3.8) is 0 Å². The van der Waals surface area contributed by atoms with E-state index in [1.807, 2.05) is 13.0 Å². The number of aliphatic hydroxyl groups excluding tert-OH is 2. The lowest BCUT2D eigenvalue weighted by atomic mass is 10.00. The highest BCUT2D eigenvalue weighted by Gasteiger charge is 2.30. The van der Waals surface area contributed by atoms with Crippen molar-refractivity contribution in [2.24, 2.45) is 5.18 Å². The third kappa shape index (κ3) is 4.29. The molecule has 0 amide bonds. The minimum atomic E-state index is -1.29. The number of aryl methyl sites for hydroxylation is 1. The maximum absolute atomic E-state index is 12.9. The fraction of sp³-hybridized carbons (Fsp3) is 0.333. The van der Waals surface area contributed by atoms with Crippen LogP contribution in [0, 0.1) is 11.8 Å². The lowest BCUT2D eigenvalue weighted by Gasteiger charge is -2.23. The van der Waals surface area contributed by atoms with Crippen LogP contribution < -0.4 is 10.2 Å². The van der Waals surface area contributed by atoms with E-state index in [9.17, 15) is 19.9 Å². The molecule has 0 fully saturated rings. The molecule has 0 saturated heterocycles. The van der Waals surface area contributed by atoms with E-state index in [-0.39, 0.29) is 34.1 Å². The van der Waals surface area contributed by atoms with Gasteiger partial charge in [0.15, 0.2) is 5.43 Å². The summed E-state index contributed by atoms with van der Waals surface area (Å²) in [5.41, 5.74) is 0.0922. The zero-order valence-corrected chi connectivity index (χ0v) is 18.6. The van der Waals surface area contributed by atoms with E-state index >= 15 is 0 Å². The molecule has 10 heteroatoms. The summed E-state index contributed by atoms with van der Waals surface area (Å²) in [5, 5.41) is 23.6. The first-order valence-corrected chi connectivity index (χ1v) is 10.1. The number of aliphatic hydroxyl groups is 2. The minimum Gasteiger partial charge on any atom is -0.474 e. The van der Waals surface area contributed by atoms with Gasteiger partial charge in [0.05, 0.1) is 39.7 Å². The van der Waals surface area contributed by atoms with E-state index in [1.165, 1.54) is 26.1 Å². The molecule has 31 heavy (non-hydrogen) atoms. The Morgan fingerprint density at radius 1 is 1.29 bits per heavy atom. The number of rotatable bonds is 7. The van der Waals surface area contributed by atoms with Crippen LogP contribution >= 0.6 is 23.2 Å². The average Bonchev–Trinajstić information content (AvgIpc) is 2.73. The van der Waals surface area contributed by atoms with Gasteiger partial charge >= 0.3 is 0 Å². The molecule has 0 saturated carbocycles. The molecule has 0 radical (unpaired) electrons. The Kier molecular flexibility index (Phi) is 6.66. The molecule has 164 valence electrons. The van der Waals surface area contributed by atoms with E-state index < -0.39 is 23.7 Å². The van der Waals surface area contributed by atoms with Crippen molar-refractivity contribution in [1.29, 1.82) is 0 Å². The highest BCUT2D eigenvalue weighted by molar-refractivity contribution is 6.35. The number of ether oxygens (including phenoxy) is 1. The molecule has 0 aliphatic rings. The Labute approximate surface area is 188 Å². The van der Waals surface area contributed by atoms with Gasteiger partial charge in [-0.2, -0.15) is 4.91 Å². The highest BCUT2D eigenvalue weighted by Crippen LogP contribution is 2.34. The van der Waals surface area contributed by atoms with E-state index in [1.54, 1.807) is 16.7 Å². The van der Waals surface area contributed by atoms with E-state index in [0.29, 0.717) is 10.7 Å². The van der Waals surface area contributed by atoms with Crippen LogP contribution in [0.4, 0.5) is 0 Å². The lowest BCUT2D eigenvalue weighted by molar-refractivity contribution is 0.0537. The summed E-state index contributed by atoms with van der Waals surface area (Å²) in [4.78, 5) is 28.0. The summed E-state index contributed by atoms with van der Waals surface area (Å²) in [6.45, 7) is 3.99. The Balaban J connectivity index is 2.28. The number of aromatic nitrogens is 2. The van der Waals surface area contributed by atoms with Crippen molar-refractivity contribution in [3.8, 4) is 11.6 Å². The molecule has 0 bridgehead atoms. The van der Waals surface area contributed by atoms with Gasteiger partial charge in [0, 0.05) is 6.07 Å². The van der Waals surface area contributed by atoms with Crippen molar-refractivity contribution < 1.29 is 14.9 Å². The van der Waals surface area contributed by atoms with Crippen LogP contribution in [0.2, 0.25) is 10.0 Å². The largest absolute Gasteiger partial charge is 0.474 e. The number of nitroso groups, excluding NO2 is 1. The Morgan fingerprint density at radius 3 is 2.61 bits per heavy atom. The maximum Gasteiger partial charge on any atom is 0.227 e. The van der Waals surface area contributed by atoms with Crippen LogP contribution in [-0.2, 0) is 6.61 Å². The molecule has 0 spiro atoms. The molecule has 0 aliphatic carbocycles. The number of hydrogen-bond acceptors (Lipinski definition) is 7. The first kappa shape index (κ1) is 23.1. The normalized spacial score (nSPS) is 12.7. The number of fused-ring (bicyclic) bond motifs is 1. The van der Waals surface area contributed by atoms with Crippen molar-refractivity contribution in [1.82, 2.24) is 9.55 Å². The van der Waals surface area contributed by atoms with Gasteiger partial charge in [0.1, 0.15) is 23.6 Å². The second kappa shape index (κ2) is 8.92. The number of halogens is 2. The standard InChI is InChI=1S/C21H21Cl2N3O5/c1-11-5-4-6-13(22)18(11)26-12(9-27)7-15(28)17-19(26)14(23)8-24-20(17)31-10-16(29)21(2,3)25-30/h4-8,16,27,29H,9-10H2,1-3H3. The predicted molar refractivity (Wildman–Crippen MR) is 119 cm³/mol. The molecule has 3 aromatic rings. The van der Waals surface area contributed by atoms with Crippen molar-refractivity contribution in [3.05, 3.63) is 66.9 Å². The molecule has 2 aromatic heterocycles. The Hall–Kier alpha value is -2.52. The summed E-state index contributed by atoms with van der Waals surface area (Å²) in [5.74, 6) is -0.0758. The van der Waals surface area contributed by atoms with Crippen LogP contribution in [0.5, 0.6) is 5.88 Å². The molecule has 1 aromatic carbocycles. The topological polar surface area (TPSA) is 114 Å². The third-order valence-corrected chi connectivity index (χ3v) is 5.61. The van der Waals surface area contributed by atoms with Crippen LogP contribution in [0.25, 0.3) is 16.6 Å². The molecular formula is C21H21Cl2N3O5. The highest BCUT2D eigenvalue weighted by atomic mass is 35.5. The van der Waals surface area contributed by atoms with Gasteiger partial charge in [-0.3, -0.25) is 4.79 Å². The average molecular weight is 466 g/mol. The summed E-state index contributed by atoms with van der Waals surface area (Å²) >= 11 is 12.9. The fourth-order valence-corrected chi connectivity index (χ4v) is 3.68. The van der Waals surface area contributed by atoms with Gasteiger partial charge in [-0.1, -0.05) is 40.5 Å². The fourth-order valence-electron chi connectivity index (χ4n) is 3.14. The summed E-state index contributed by atoms with van der Waals surface area (Å²) in [7, 11) is 0. The van der Waals surface area contributed by atoms with Crippen molar-refractivity contribution in [2.75, 3.05) is 6.61 Å². The molecule has 1 unspecified atom stereocenters. The molecule has 3 rings (SSSR count). The molecule has 2 heterocycles. The quantitative estimate of drug-likeness (QED) is 0.513. The van der Waals surface area contributed by atoms with Gasteiger partial charge in [-0.15, -0.1) is 0 Å². The van der Waals surface area contributed by atoms with Crippen LogP contribution in [0.3, 0.4) is 0 Å². The van der Waals surface area contributed by atoms with Gasteiger partial charge in [0.2, 0.25) is 5.88 Å². The molecule has 2 N–H and O–H groups in total. The zero-order chi connectivity index (χ0) is 22.9. The van der Waals surface area contributed by atoms with Crippen molar-refractivity contribution in [2.45, 2.75) is 39.0 Å². The summed E-state index contributed by atoms with van der Waals surface area (Å²) in [6.07, 6.45) is 0.0696. The third-order valence-electron chi connectivity index (χ3n) is 5.03. The zero-order valence-electron chi connectivity index (χ0n) is 17.1. The number of para-hydroxylation sites is 1. The number of pyridine rings is 2. The second-order valence-electron chi connectivity index (χ2n) is 7.61. The molecule has 8 nitrogen and oxygen atoms in total. The lowest BCUT2D eigenvalue weighted by Crippen LogP contribution is -2.38. The van der Waals surface area contributed by atoms with Crippen LogP contribution in [0.15, 0.2) is 40.4 Å². The minimum absolute atomic E-state index is 0.0492. The number of hydrogen-bond donors (Lipinski definition) is 2. The maximum atomic E-state index is 12.9. The SMILES string of the molecule is Cc1cccc(Cl)c1-n1c(CO)cc(=O)c2c(OCC(O)C(C)(C)N=O)ncc(Cl)c21. The Morgan fingerprint density at radius 2 is 2.00 bits per heavy atom. The van der Waals surface area contributed by atoms with E-state index in [4.69, 9.17) is 27.9 Å². The monoisotopic (exact) mass is 465 g/mol. The van der Waals surface area contributed by atoms with Gasteiger partial charge < -0.3 is 19.5 Å². The second-order valence-corrected chi connectivity index (χ2v) is 8.42. The smallest absolute Gasteiger partial charge is 0.227 e. The summed E-state index contributed by atoms with van der Waals surface area (Å²) < 4.78 is 7.20. The molecule has 0 aliphatic heterocycles. The van der Waals surface area contributed by atoms with E-state index in [0.717, 1.165) is 5.56 Å². The van der Waals surface area contributed by atoms with Crippen molar-refractivity contribution >= 4 is 34.1 Å². The Bertz CT molecular complexity index is 1190. The van der Waals surface area contributed by atoms with Crippen LogP contribution in [0.1, 0.15) is 25.1 Å². The molecular weight excluding hydrogens is 445 g/mol. The van der Waals surface area contributed by atoms with E-state index in [2.05, 4.69) is 10.2 Å². The van der Waals surface area contributed by atoms with Gasteiger partial charge in [-0.25, -0.2) is 4.98 Å².